The predicted molar refractivity (Wildman–Crippen MR) is 84.0 cm³/mol. The molecular formula is C17H26N2O2. The van der Waals surface area contributed by atoms with Gasteiger partial charge in [0.25, 0.3) is 0 Å². The zero-order chi connectivity index (χ0) is 14.7. The van der Waals surface area contributed by atoms with Crippen LogP contribution >= 0.6 is 0 Å². The quantitative estimate of drug-likeness (QED) is 0.836. The van der Waals surface area contributed by atoms with E-state index in [1.807, 2.05) is 6.07 Å². The van der Waals surface area contributed by atoms with E-state index in [0.717, 1.165) is 24.1 Å². The molecule has 0 amide bonds. The Morgan fingerprint density at radius 3 is 2.57 bits per heavy atom. The zero-order valence-corrected chi connectivity index (χ0v) is 13.1. The average Bonchev–Trinajstić information content (AvgIpc) is 3.24. The van der Waals surface area contributed by atoms with Crippen molar-refractivity contribution < 1.29 is 9.47 Å². The lowest BCUT2D eigenvalue weighted by Crippen LogP contribution is -2.38. The first-order valence-corrected chi connectivity index (χ1v) is 7.98. The standard InChI is InChI=1S/C17H26N2O2/c1-20-16-8-5-13(10-17(16)21-2)11-19(15-6-7-15)12-14-4-3-9-18-14/h5,8,10,14-15,18H,3-4,6-7,9,11-12H2,1-2H3. The molecule has 2 aliphatic rings. The van der Waals surface area contributed by atoms with Crippen LogP contribution in [0.4, 0.5) is 0 Å². The molecule has 116 valence electrons. The first kappa shape index (κ1) is 14.7. The molecule has 2 fully saturated rings. The Balaban J connectivity index is 1.67. The summed E-state index contributed by atoms with van der Waals surface area (Å²) in [5.74, 6) is 1.63. The molecule has 1 aromatic rings. The van der Waals surface area contributed by atoms with Crippen LogP contribution in [-0.4, -0.2) is 44.3 Å². The topological polar surface area (TPSA) is 33.7 Å². The van der Waals surface area contributed by atoms with Crippen molar-refractivity contribution in [3.63, 3.8) is 0 Å². The summed E-state index contributed by atoms with van der Waals surface area (Å²) >= 11 is 0. The van der Waals surface area contributed by atoms with Gasteiger partial charge >= 0.3 is 0 Å². The van der Waals surface area contributed by atoms with Crippen molar-refractivity contribution in [3.8, 4) is 11.5 Å². The van der Waals surface area contributed by atoms with Gasteiger partial charge in [-0.25, -0.2) is 0 Å². The van der Waals surface area contributed by atoms with Crippen LogP contribution in [0.2, 0.25) is 0 Å². The summed E-state index contributed by atoms with van der Waals surface area (Å²) in [5, 5.41) is 3.61. The number of methoxy groups -OCH3 is 2. The molecule has 0 aromatic heterocycles. The lowest BCUT2D eigenvalue weighted by atomic mass is 10.1. The van der Waals surface area contributed by atoms with Gasteiger partial charge in [0.15, 0.2) is 11.5 Å². The predicted octanol–water partition coefficient (Wildman–Crippen LogP) is 2.42. The Morgan fingerprint density at radius 2 is 1.95 bits per heavy atom. The van der Waals surface area contributed by atoms with Crippen molar-refractivity contribution >= 4 is 0 Å². The number of nitrogens with zero attached hydrogens (tertiary/aromatic N) is 1. The van der Waals surface area contributed by atoms with E-state index in [2.05, 4.69) is 22.3 Å². The molecule has 4 nitrogen and oxygen atoms in total. The van der Waals surface area contributed by atoms with E-state index in [4.69, 9.17) is 9.47 Å². The van der Waals surface area contributed by atoms with E-state index >= 15 is 0 Å². The second-order valence-electron chi connectivity index (χ2n) is 6.14. The van der Waals surface area contributed by atoms with Crippen LogP contribution in [0.1, 0.15) is 31.2 Å². The van der Waals surface area contributed by atoms with Gasteiger partial charge in [-0.3, -0.25) is 4.90 Å². The van der Waals surface area contributed by atoms with Crippen LogP contribution in [0, 0.1) is 0 Å². The highest BCUT2D eigenvalue weighted by Crippen LogP contribution is 2.32. The fourth-order valence-corrected chi connectivity index (χ4v) is 3.19. The maximum atomic E-state index is 5.41. The number of rotatable bonds is 7. The number of hydrogen-bond acceptors (Lipinski definition) is 4. The van der Waals surface area contributed by atoms with Crippen molar-refractivity contribution in [1.82, 2.24) is 10.2 Å². The number of nitrogens with one attached hydrogen (secondary N) is 1. The Kier molecular flexibility index (Phi) is 4.66. The summed E-state index contributed by atoms with van der Waals surface area (Å²) < 4.78 is 10.7. The van der Waals surface area contributed by atoms with Gasteiger partial charge in [-0.1, -0.05) is 6.07 Å². The zero-order valence-electron chi connectivity index (χ0n) is 13.1. The van der Waals surface area contributed by atoms with Crippen molar-refractivity contribution in [3.05, 3.63) is 23.8 Å². The molecule has 3 rings (SSSR count). The van der Waals surface area contributed by atoms with E-state index in [-0.39, 0.29) is 0 Å². The molecule has 1 heterocycles. The lowest BCUT2D eigenvalue weighted by molar-refractivity contribution is 0.230. The molecule has 1 saturated carbocycles. The highest BCUT2D eigenvalue weighted by molar-refractivity contribution is 5.42. The van der Waals surface area contributed by atoms with E-state index in [9.17, 15) is 0 Å². The first-order chi connectivity index (χ1) is 10.3. The number of hydrogen-bond donors (Lipinski definition) is 1. The van der Waals surface area contributed by atoms with Gasteiger partial charge in [-0.15, -0.1) is 0 Å². The van der Waals surface area contributed by atoms with E-state index in [1.54, 1.807) is 14.2 Å². The van der Waals surface area contributed by atoms with Crippen molar-refractivity contribution in [2.45, 2.75) is 44.3 Å². The molecule has 0 bridgehead atoms. The molecule has 4 heteroatoms. The van der Waals surface area contributed by atoms with Crippen LogP contribution in [-0.2, 0) is 6.54 Å². The second-order valence-corrected chi connectivity index (χ2v) is 6.14. The lowest BCUT2D eigenvalue weighted by Gasteiger charge is -2.26. The van der Waals surface area contributed by atoms with Crippen LogP contribution in [0.3, 0.4) is 0 Å². The van der Waals surface area contributed by atoms with Crippen LogP contribution < -0.4 is 14.8 Å². The van der Waals surface area contributed by atoms with Gasteiger partial charge in [0.1, 0.15) is 0 Å². The second kappa shape index (κ2) is 6.67. The molecule has 0 spiro atoms. The molecule has 1 aromatic carbocycles. The van der Waals surface area contributed by atoms with E-state index < -0.39 is 0 Å². The fraction of sp³-hybridized carbons (Fsp3) is 0.647. The molecule has 1 unspecified atom stereocenters. The average molecular weight is 290 g/mol. The van der Waals surface area contributed by atoms with Crippen molar-refractivity contribution in [1.29, 1.82) is 0 Å². The number of benzene rings is 1. The minimum absolute atomic E-state index is 0.672. The summed E-state index contributed by atoms with van der Waals surface area (Å²) in [6.45, 7) is 3.35. The molecular weight excluding hydrogens is 264 g/mol. The monoisotopic (exact) mass is 290 g/mol. The van der Waals surface area contributed by atoms with Crippen molar-refractivity contribution in [2.24, 2.45) is 0 Å². The molecule has 1 N–H and O–H groups in total. The maximum Gasteiger partial charge on any atom is 0.161 e. The maximum absolute atomic E-state index is 5.41. The Bertz CT molecular complexity index is 468. The van der Waals surface area contributed by atoms with Gasteiger partial charge in [0.05, 0.1) is 14.2 Å². The van der Waals surface area contributed by atoms with Gasteiger partial charge in [0.2, 0.25) is 0 Å². The SMILES string of the molecule is COc1ccc(CN(CC2CCCN2)C2CC2)cc1OC. The molecule has 0 radical (unpaired) electrons. The van der Waals surface area contributed by atoms with Crippen LogP contribution in [0.25, 0.3) is 0 Å². The molecule has 1 atom stereocenters. The number of ether oxygens (including phenoxy) is 2. The van der Waals surface area contributed by atoms with Gasteiger partial charge in [-0.2, -0.15) is 0 Å². The summed E-state index contributed by atoms with van der Waals surface area (Å²) in [4.78, 5) is 2.63. The smallest absolute Gasteiger partial charge is 0.161 e. The Morgan fingerprint density at radius 1 is 1.14 bits per heavy atom. The fourth-order valence-electron chi connectivity index (χ4n) is 3.19. The third-order valence-electron chi connectivity index (χ3n) is 4.51. The highest BCUT2D eigenvalue weighted by atomic mass is 16.5. The molecule has 21 heavy (non-hydrogen) atoms. The summed E-state index contributed by atoms with van der Waals surface area (Å²) in [6.07, 6.45) is 5.33. The first-order valence-electron chi connectivity index (χ1n) is 7.98. The minimum atomic E-state index is 0.672. The molecule has 1 saturated heterocycles. The van der Waals surface area contributed by atoms with Gasteiger partial charge in [-0.05, 0) is 49.9 Å². The summed E-state index contributed by atoms with van der Waals surface area (Å²) in [5.41, 5.74) is 1.30. The summed E-state index contributed by atoms with van der Waals surface area (Å²) in [7, 11) is 3.38. The normalized spacial score (nSPS) is 21.8. The molecule has 1 aliphatic carbocycles. The summed E-state index contributed by atoms with van der Waals surface area (Å²) in [6, 6.07) is 7.72. The van der Waals surface area contributed by atoms with Crippen LogP contribution in [0.5, 0.6) is 11.5 Å². The third kappa shape index (κ3) is 3.69. The Labute approximate surface area is 127 Å². The minimum Gasteiger partial charge on any atom is -0.493 e. The third-order valence-corrected chi connectivity index (χ3v) is 4.51. The van der Waals surface area contributed by atoms with Crippen LogP contribution in [0.15, 0.2) is 18.2 Å². The highest BCUT2D eigenvalue weighted by Gasteiger charge is 2.31. The Hall–Kier alpha value is -1.26. The largest absolute Gasteiger partial charge is 0.493 e. The van der Waals surface area contributed by atoms with Crippen molar-refractivity contribution in [2.75, 3.05) is 27.3 Å². The van der Waals surface area contributed by atoms with Gasteiger partial charge in [0, 0.05) is 25.2 Å². The van der Waals surface area contributed by atoms with E-state index in [1.165, 1.54) is 44.3 Å². The molecule has 1 aliphatic heterocycles. The van der Waals surface area contributed by atoms with E-state index in [0.29, 0.717) is 6.04 Å². The van der Waals surface area contributed by atoms with Gasteiger partial charge < -0.3 is 14.8 Å².